The van der Waals surface area contributed by atoms with E-state index in [9.17, 15) is 68.1 Å². The highest BCUT2D eigenvalue weighted by Gasteiger charge is 2.36. The second kappa shape index (κ2) is 26.6. The van der Waals surface area contributed by atoms with E-state index in [1.54, 1.807) is 39.8 Å². The number of rotatable bonds is 27. The van der Waals surface area contributed by atoms with E-state index in [2.05, 4.69) is 42.5 Å². The highest BCUT2D eigenvalue weighted by Crippen LogP contribution is 2.12. The Kier molecular flexibility index (Phi) is 23.0. The van der Waals surface area contributed by atoms with E-state index in [-0.39, 0.29) is 24.5 Å². The smallest absolute Gasteiger partial charge is 0.326 e. The predicted octanol–water partition coefficient (Wildman–Crippen LogP) is -2.33. The van der Waals surface area contributed by atoms with Crippen LogP contribution in [-0.4, -0.2) is 129 Å². The maximum absolute atomic E-state index is 13.6. The van der Waals surface area contributed by atoms with Crippen LogP contribution in [-0.2, 0) is 59.2 Å². The first-order valence-corrected chi connectivity index (χ1v) is 20.6. The minimum atomic E-state index is -1.84. The van der Waals surface area contributed by atoms with Crippen molar-refractivity contribution in [1.29, 1.82) is 0 Å². The topological polar surface area (TPSA) is 371 Å². The van der Waals surface area contributed by atoms with Gasteiger partial charge in [-0.05, 0) is 62.1 Å². The minimum absolute atomic E-state index is 0.0224. The van der Waals surface area contributed by atoms with Crippen LogP contribution in [0.5, 0.6) is 5.75 Å². The second-order valence-corrected chi connectivity index (χ2v) is 16.3. The third-order valence-electron chi connectivity index (χ3n) is 9.41. The van der Waals surface area contributed by atoms with Gasteiger partial charge in [-0.2, -0.15) is 0 Å². The standard InChI is InChI=1S/C41H63N9O14/c1-19(2)15-28(41(63)64)48-38(60)27(17-32(55)56)46-37(59)26(16-29(42)52)47-39(61)33(20(3)4)50-40(62)34(21(5)6)49-36(58)23(8)45-31(54)18-43-35(57)22(7)44-30(53)14-11-24-9-12-25(51)13-10-24/h9-10,12-13,19-23,26-28,33-34,51H,11,14-18H2,1-8H3,(H2,42,52)(H,43,57)(H,44,53)(H,45,54)(H,46,59)(H,47,61)(H,48,60)(H,49,58)(H,50,62)(H,55,56)(H,63,64)/t22-,23-,26-,27-,28-,33-,34-/m0/s1. The molecule has 1 aromatic carbocycles. The monoisotopic (exact) mass is 905 g/mol. The Morgan fingerprint density at radius 1 is 0.547 bits per heavy atom. The highest BCUT2D eigenvalue weighted by atomic mass is 16.4. The van der Waals surface area contributed by atoms with Crippen LogP contribution < -0.4 is 48.3 Å². The van der Waals surface area contributed by atoms with Crippen molar-refractivity contribution in [3.8, 4) is 5.75 Å². The van der Waals surface area contributed by atoms with E-state index in [0.29, 0.717) is 6.42 Å². The molecule has 0 heterocycles. The van der Waals surface area contributed by atoms with E-state index in [0.717, 1.165) is 5.56 Å². The van der Waals surface area contributed by atoms with Gasteiger partial charge in [-0.15, -0.1) is 0 Å². The van der Waals surface area contributed by atoms with Crippen molar-refractivity contribution >= 4 is 65.1 Å². The molecule has 0 unspecified atom stereocenters. The molecule has 0 bridgehead atoms. The first-order chi connectivity index (χ1) is 29.7. The molecule has 1 aromatic rings. The highest BCUT2D eigenvalue weighted by molar-refractivity contribution is 5.99. The third-order valence-corrected chi connectivity index (χ3v) is 9.41. The number of benzene rings is 1. The van der Waals surface area contributed by atoms with Crippen molar-refractivity contribution in [2.45, 2.75) is 130 Å². The number of carbonyl (C=O) groups is 11. The normalized spacial score (nSPS) is 14.3. The van der Waals surface area contributed by atoms with Gasteiger partial charge in [-0.3, -0.25) is 47.9 Å². The Labute approximate surface area is 370 Å². The molecule has 7 atom stereocenters. The maximum Gasteiger partial charge on any atom is 0.326 e. The number of hydrogen-bond donors (Lipinski definition) is 12. The van der Waals surface area contributed by atoms with Crippen molar-refractivity contribution in [1.82, 2.24) is 42.5 Å². The second-order valence-electron chi connectivity index (χ2n) is 16.3. The summed E-state index contributed by atoms with van der Waals surface area (Å²) in [4.78, 5) is 139. The summed E-state index contributed by atoms with van der Waals surface area (Å²) in [6.45, 7) is 11.8. The van der Waals surface area contributed by atoms with Gasteiger partial charge >= 0.3 is 11.9 Å². The molecule has 23 heteroatoms. The van der Waals surface area contributed by atoms with E-state index in [1.807, 2.05) is 0 Å². The van der Waals surface area contributed by atoms with Crippen LogP contribution in [0, 0.1) is 17.8 Å². The molecular formula is C41H63N9O14. The molecule has 356 valence electrons. The van der Waals surface area contributed by atoms with Crippen molar-refractivity contribution in [3.05, 3.63) is 29.8 Å². The molecule has 0 spiro atoms. The van der Waals surface area contributed by atoms with E-state index >= 15 is 0 Å². The number of hydrogen-bond acceptors (Lipinski definition) is 12. The van der Waals surface area contributed by atoms with Crippen LogP contribution in [0.25, 0.3) is 0 Å². The molecule has 0 aliphatic rings. The number of nitrogens with one attached hydrogen (secondary N) is 8. The number of phenols is 1. The van der Waals surface area contributed by atoms with E-state index in [1.165, 1.54) is 39.8 Å². The average Bonchev–Trinajstić information content (AvgIpc) is 3.18. The lowest BCUT2D eigenvalue weighted by Gasteiger charge is -2.29. The molecule has 9 amide bonds. The van der Waals surface area contributed by atoms with Gasteiger partial charge in [0.1, 0.15) is 48.0 Å². The fourth-order valence-corrected chi connectivity index (χ4v) is 5.86. The Balaban J connectivity index is 2.94. The van der Waals surface area contributed by atoms with E-state index < -0.39 is 139 Å². The minimum Gasteiger partial charge on any atom is -0.508 e. The number of phenolic OH excluding ortho intramolecular Hbond substituents is 1. The lowest BCUT2D eigenvalue weighted by atomic mass is 9.99. The number of nitrogens with two attached hydrogens (primary N) is 1. The molecule has 0 saturated carbocycles. The van der Waals surface area contributed by atoms with Crippen LogP contribution in [0.15, 0.2) is 24.3 Å². The van der Waals surface area contributed by atoms with Gasteiger partial charge in [0.15, 0.2) is 0 Å². The number of aliphatic carboxylic acids is 2. The lowest BCUT2D eigenvalue weighted by molar-refractivity contribution is -0.144. The Morgan fingerprint density at radius 2 is 1.00 bits per heavy atom. The zero-order chi connectivity index (χ0) is 49.0. The predicted molar refractivity (Wildman–Crippen MR) is 227 cm³/mol. The molecule has 0 aliphatic heterocycles. The van der Waals surface area contributed by atoms with Crippen LogP contribution >= 0.6 is 0 Å². The van der Waals surface area contributed by atoms with Crippen LogP contribution in [0.1, 0.15) is 86.6 Å². The summed E-state index contributed by atoms with van der Waals surface area (Å²) in [5, 5.41) is 47.2. The first-order valence-electron chi connectivity index (χ1n) is 20.6. The van der Waals surface area contributed by atoms with Gasteiger partial charge in [0.05, 0.1) is 19.4 Å². The van der Waals surface area contributed by atoms with Gasteiger partial charge in [0, 0.05) is 6.42 Å². The molecular weight excluding hydrogens is 842 g/mol. The quantitative estimate of drug-likeness (QED) is 0.0441. The zero-order valence-electron chi connectivity index (χ0n) is 37.2. The zero-order valence-corrected chi connectivity index (χ0v) is 37.2. The first kappa shape index (κ1) is 55.2. The summed E-state index contributed by atoms with van der Waals surface area (Å²) in [6.07, 6.45) is -1.44. The molecule has 0 aromatic heterocycles. The van der Waals surface area contributed by atoms with Crippen molar-refractivity contribution in [2.75, 3.05) is 6.54 Å². The Bertz CT molecular complexity index is 1850. The third kappa shape index (κ3) is 20.4. The van der Waals surface area contributed by atoms with Gasteiger partial charge in [0.25, 0.3) is 0 Å². The molecule has 64 heavy (non-hydrogen) atoms. The lowest BCUT2D eigenvalue weighted by Crippen LogP contribution is -2.61. The fraction of sp³-hybridized carbons (Fsp3) is 0.585. The molecule has 0 saturated heterocycles. The summed E-state index contributed by atoms with van der Waals surface area (Å²) >= 11 is 0. The number of carbonyl (C=O) groups excluding carboxylic acids is 9. The number of carboxylic acids is 2. The summed E-state index contributed by atoms with van der Waals surface area (Å²) < 4.78 is 0. The summed E-state index contributed by atoms with van der Waals surface area (Å²) in [5.74, 6) is -12.3. The molecule has 0 aliphatic carbocycles. The van der Waals surface area contributed by atoms with Gasteiger partial charge in [-0.1, -0.05) is 53.7 Å². The van der Waals surface area contributed by atoms with Crippen LogP contribution in [0.3, 0.4) is 0 Å². The molecule has 0 radical (unpaired) electrons. The molecule has 0 fully saturated rings. The average molecular weight is 906 g/mol. The number of aryl methyl sites for hydroxylation is 1. The van der Waals surface area contributed by atoms with E-state index in [4.69, 9.17) is 5.73 Å². The SMILES string of the molecule is CC(C)C[C@H](NC(=O)[C@H](CC(=O)O)NC(=O)[C@H](CC(N)=O)NC(=O)[C@@H](NC(=O)[C@@H](NC(=O)[C@H](C)NC(=O)CNC(=O)[C@H](C)NC(=O)CCc1ccc(O)cc1)C(C)C)C(C)C)C(=O)O. The van der Waals surface area contributed by atoms with Gasteiger partial charge in [-0.25, -0.2) is 4.79 Å². The number of aromatic hydroxyl groups is 1. The Morgan fingerprint density at radius 3 is 1.48 bits per heavy atom. The number of amides is 9. The summed E-state index contributed by atoms with van der Waals surface area (Å²) in [5.41, 5.74) is 6.12. The van der Waals surface area contributed by atoms with Crippen molar-refractivity contribution in [3.63, 3.8) is 0 Å². The van der Waals surface area contributed by atoms with Gasteiger partial charge in [0.2, 0.25) is 53.2 Å². The molecule has 23 nitrogen and oxygen atoms in total. The van der Waals surface area contributed by atoms with Gasteiger partial charge < -0.3 is 63.6 Å². The van der Waals surface area contributed by atoms with Crippen LogP contribution in [0.2, 0.25) is 0 Å². The van der Waals surface area contributed by atoms with Crippen molar-refractivity contribution < 1.29 is 68.1 Å². The van der Waals surface area contributed by atoms with Crippen LogP contribution in [0.4, 0.5) is 0 Å². The largest absolute Gasteiger partial charge is 0.508 e. The maximum atomic E-state index is 13.6. The summed E-state index contributed by atoms with van der Waals surface area (Å²) in [7, 11) is 0. The molecule has 1 rings (SSSR count). The Hall–Kier alpha value is -6.81. The fourth-order valence-electron chi connectivity index (χ4n) is 5.86. The molecule has 13 N–H and O–H groups in total. The number of carboxylic acid groups (broad SMARTS) is 2. The number of primary amides is 1. The van der Waals surface area contributed by atoms with Crippen molar-refractivity contribution in [2.24, 2.45) is 23.5 Å². The summed E-state index contributed by atoms with van der Waals surface area (Å²) in [6, 6.07) is -3.70.